The molecule has 4 saturated carbocycles. The van der Waals surface area contributed by atoms with Crippen molar-refractivity contribution < 1.29 is 100 Å². The zero-order chi connectivity index (χ0) is 65.8. The van der Waals surface area contributed by atoms with Gasteiger partial charge in [0.05, 0.1) is 84.8 Å². The molecular weight excluding hydrogens is 1210 g/mol. The third kappa shape index (κ3) is 22.6. The number of aromatic nitrogens is 1. The zero-order valence-electron chi connectivity index (χ0n) is 51.7. The second kappa shape index (κ2) is 37.0. The summed E-state index contributed by atoms with van der Waals surface area (Å²) >= 11 is 1.16. The highest BCUT2D eigenvalue weighted by atomic mass is 32.1. The van der Waals surface area contributed by atoms with Gasteiger partial charge in [-0.15, -0.1) is 0 Å². The molecule has 4 aliphatic carbocycles. The summed E-state index contributed by atoms with van der Waals surface area (Å²) in [6.45, 7) is 10.4. The van der Waals surface area contributed by atoms with Gasteiger partial charge in [-0.2, -0.15) is 10.1 Å². The lowest BCUT2D eigenvalue weighted by Gasteiger charge is -2.30. The van der Waals surface area contributed by atoms with Gasteiger partial charge in [0.25, 0.3) is 0 Å². The number of esters is 10. The largest absolute Gasteiger partial charge is 0.465 e. The van der Waals surface area contributed by atoms with Crippen LogP contribution in [0.25, 0.3) is 10.2 Å². The van der Waals surface area contributed by atoms with Crippen LogP contribution in [0.3, 0.4) is 0 Å². The third-order valence-corrected chi connectivity index (χ3v) is 17.5. The molecule has 0 spiro atoms. The van der Waals surface area contributed by atoms with E-state index in [-0.39, 0.29) is 122 Å². The number of hydrogen-bond acceptors (Lipinski definition) is 24. The van der Waals surface area contributed by atoms with Gasteiger partial charge in [0.1, 0.15) is 36.9 Å². The number of nitrogens with zero attached hydrogens (tertiary/aromatic N) is 3. The quantitative estimate of drug-likeness (QED) is 0.0107. The average Bonchev–Trinajstić information content (AvgIpc) is 1.69. The number of carbonyl (C=O) groups excluding carboxylic acids is 11. The number of thiazole rings is 1. The number of anilines is 1. The van der Waals surface area contributed by atoms with Crippen molar-refractivity contribution in [3.63, 3.8) is 0 Å². The predicted octanol–water partition coefficient (Wildman–Crippen LogP) is 9.45. The van der Waals surface area contributed by atoms with Crippen molar-refractivity contribution in [2.75, 3.05) is 44.7 Å². The number of hydrogen-bond donors (Lipinski definition) is 0. The van der Waals surface area contributed by atoms with Crippen LogP contribution in [0.2, 0.25) is 0 Å². The van der Waals surface area contributed by atoms with Crippen LogP contribution < -0.4 is 14.5 Å². The smallest absolute Gasteiger partial charge is 0.330 e. The molecule has 1 heterocycles. The molecule has 92 heavy (non-hydrogen) atoms. The maximum atomic E-state index is 14.0. The molecule has 2 aromatic carbocycles. The van der Waals surface area contributed by atoms with Crippen LogP contribution in [0.15, 0.2) is 85.5 Å². The Bertz CT molecular complexity index is 3090. The first-order valence-corrected chi connectivity index (χ1v) is 32.4. The molecule has 0 radical (unpaired) electrons. The fraction of sp³-hybridized carbons (Fsp3) is 0.537. The lowest BCUT2D eigenvalue weighted by molar-refractivity contribution is -0.161. The molecule has 496 valence electrons. The molecule has 4 fully saturated rings. The van der Waals surface area contributed by atoms with Crippen molar-refractivity contribution >= 4 is 98.5 Å². The van der Waals surface area contributed by atoms with Crippen LogP contribution in [-0.4, -0.2) is 129 Å². The van der Waals surface area contributed by atoms with Crippen LogP contribution in [0, 0.1) is 35.5 Å². The molecule has 1 aromatic heterocycles. The first kappa shape index (κ1) is 70.8. The van der Waals surface area contributed by atoms with Crippen molar-refractivity contribution in [1.29, 1.82) is 0 Å². The maximum Gasteiger partial charge on any atom is 0.330 e. The van der Waals surface area contributed by atoms with E-state index in [0.717, 1.165) is 39.3 Å². The minimum Gasteiger partial charge on any atom is -0.465 e. The summed E-state index contributed by atoms with van der Waals surface area (Å²) < 4.78 is 55.4. The van der Waals surface area contributed by atoms with E-state index in [1.807, 2.05) is 12.1 Å². The molecule has 0 unspecified atom stereocenters. The second-order valence-electron chi connectivity index (χ2n) is 23.0. The van der Waals surface area contributed by atoms with Crippen molar-refractivity contribution in [2.24, 2.45) is 40.6 Å². The fourth-order valence-corrected chi connectivity index (χ4v) is 12.1. The number of amides is 1. The summed E-state index contributed by atoms with van der Waals surface area (Å²) in [7, 11) is 0. The van der Waals surface area contributed by atoms with Crippen molar-refractivity contribution in [3.8, 4) is 11.5 Å². The summed E-state index contributed by atoms with van der Waals surface area (Å²) in [5.74, 6) is -7.97. The van der Waals surface area contributed by atoms with Gasteiger partial charge >= 0.3 is 59.7 Å². The Morgan fingerprint density at radius 3 is 1.39 bits per heavy atom. The number of unbranched alkanes of at least 4 members (excludes halogenated alkanes) is 2. The van der Waals surface area contributed by atoms with Crippen molar-refractivity contribution in [1.82, 2.24) is 4.98 Å². The Hall–Kier alpha value is -8.61. The molecule has 7 rings (SSSR count). The number of benzene rings is 2. The lowest BCUT2D eigenvalue weighted by atomic mass is 9.82. The topological polar surface area (TPSA) is 309 Å². The van der Waals surface area contributed by atoms with Gasteiger partial charge in [-0.05, 0) is 159 Å². The third-order valence-electron chi connectivity index (χ3n) is 16.5. The van der Waals surface area contributed by atoms with Crippen molar-refractivity contribution in [2.45, 2.75) is 153 Å². The highest BCUT2D eigenvalue weighted by molar-refractivity contribution is 7.22. The van der Waals surface area contributed by atoms with E-state index in [1.165, 1.54) is 24.4 Å². The SMILES string of the molecule is C=CC(=O)OCCCCOC(=O)C1CCC(C(=O)OC2CCC(C(=O)Oc3ccc(OC(=O)C4CCC(OC(=O)C5CCC(C(=O)OCCCCOC(=O)C=C)CC5)CC4)c(/C=N/N(C(=O)CCC(=O)OCCOC(=O)C=C)c4nc5ccccc5s4)c3)CC2)CC1. The van der Waals surface area contributed by atoms with Gasteiger partial charge in [0, 0.05) is 30.2 Å². The summed E-state index contributed by atoms with van der Waals surface area (Å²) in [5, 5.41) is 5.71. The minimum absolute atomic E-state index is 0.0173. The highest BCUT2D eigenvalue weighted by Crippen LogP contribution is 2.37. The molecule has 0 saturated heterocycles. The van der Waals surface area contributed by atoms with Gasteiger partial charge in [0.15, 0.2) is 0 Å². The number of rotatable bonds is 32. The highest BCUT2D eigenvalue weighted by Gasteiger charge is 2.37. The average molecular weight is 1300 g/mol. The summed E-state index contributed by atoms with van der Waals surface area (Å²) in [4.78, 5) is 145. The van der Waals surface area contributed by atoms with Gasteiger partial charge in [-0.25, -0.2) is 19.4 Å². The Kier molecular flexibility index (Phi) is 28.5. The van der Waals surface area contributed by atoms with Gasteiger partial charge in [0.2, 0.25) is 11.0 Å². The van der Waals surface area contributed by atoms with E-state index in [9.17, 15) is 52.7 Å². The molecule has 0 atom stereocenters. The number of para-hydroxylation sites is 1. The molecule has 0 aliphatic heterocycles. The van der Waals surface area contributed by atoms with E-state index < -0.39 is 65.8 Å². The summed E-state index contributed by atoms with van der Waals surface area (Å²) in [5.41, 5.74) is 0.704. The Morgan fingerprint density at radius 1 is 0.478 bits per heavy atom. The molecule has 0 bridgehead atoms. The van der Waals surface area contributed by atoms with Gasteiger partial charge in [-0.3, -0.25) is 38.4 Å². The van der Waals surface area contributed by atoms with Gasteiger partial charge < -0.3 is 47.4 Å². The summed E-state index contributed by atoms with van der Waals surface area (Å²) in [6.07, 6.45) is 11.8. The molecule has 0 N–H and O–H groups in total. The van der Waals surface area contributed by atoms with E-state index in [0.29, 0.717) is 134 Å². The van der Waals surface area contributed by atoms with Crippen LogP contribution >= 0.6 is 11.3 Å². The molecule has 25 heteroatoms. The predicted molar refractivity (Wildman–Crippen MR) is 331 cm³/mol. The van der Waals surface area contributed by atoms with Crippen LogP contribution in [0.4, 0.5) is 5.13 Å². The van der Waals surface area contributed by atoms with E-state index in [2.05, 4.69) is 29.8 Å². The molecule has 4 aliphatic rings. The van der Waals surface area contributed by atoms with Gasteiger partial charge in [-0.1, -0.05) is 43.2 Å². The van der Waals surface area contributed by atoms with E-state index in [4.69, 9.17) is 47.4 Å². The Balaban J connectivity index is 0.945. The van der Waals surface area contributed by atoms with Crippen LogP contribution in [0.5, 0.6) is 11.5 Å². The first-order chi connectivity index (χ1) is 44.5. The first-order valence-electron chi connectivity index (χ1n) is 31.6. The summed E-state index contributed by atoms with van der Waals surface area (Å²) in [6, 6.07) is 11.5. The normalized spacial score (nSPS) is 21.2. The number of fused-ring (bicyclic) bond motifs is 1. The van der Waals surface area contributed by atoms with Crippen molar-refractivity contribution in [3.05, 3.63) is 86.0 Å². The second-order valence-corrected chi connectivity index (χ2v) is 24.0. The van der Waals surface area contributed by atoms with Crippen LogP contribution in [0.1, 0.15) is 147 Å². The lowest BCUT2D eigenvalue weighted by Crippen LogP contribution is -2.33. The number of hydrazone groups is 1. The monoisotopic (exact) mass is 1300 g/mol. The maximum absolute atomic E-state index is 14.0. The van der Waals surface area contributed by atoms with E-state index in [1.54, 1.807) is 12.1 Å². The minimum atomic E-state index is -0.741. The number of carbonyl (C=O) groups is 11. The Labute approximate surface area is 537 Å². The molecule has 24 nitrogen and oxygen atoms in total. The van der Waals surface area contributed by atoms with Crippen LogP contribution in [-0.2, 0) is 90.6 Å². The molecular formula is C67H81N3O21S. The molecule has 1 amide bonds. The Morgan fingerprint density at radius 2 is 0.902 bits per heavy atom. The standard InChI is InChI=1S/C67H81N3O21S/c1-4-57(72)82-35-9-11-37-86-61(76)43-15-19-45(20-16-43)63(78)88-50-27-23-47(24-28-50)65(80)90-52-31-32-54(49(41-52)42-68-70(67-69-53-13-7-8-14-55(53)92-67)56(71)33-34-60(75)85-40-39-84-59(74)6-3)91-66(81)48-25-29-51(30-26-48)89-64(79)46-21-17-44(18-22-46)62(77)87-38-12-10-36-83-58(73)5-2/h4-8,13-14,31-32,41-48,50-51H,1-3,9-12,15-30,33-40H2/b68-42+. The zero-order valence-corrected chi connectivity index (χ0v) is 52.5. The molecule has 3 aromatic rings. The number of ether oxygens (including phenoxy) is 10. The fourth-order valence-electron chi connectivity index (χ4n) is 11.1. The van der Waals surface area contributed by atoms with E-state index >= 15 is 0 Å².